The van der Waals surface area contributed by atoms with Crippen LogP contribution in [0.2, 0.25) is 0 Å². The van der Waals surface area contributed by atoms with E-state index in [0.29, 0.717) is 18.3 Å². The summed E-state index contributed by atoms with van der Waals surface area (Å²) in [5, 5.41) is 4.60. The standard InChI is InChI=1S/C19H24N2O2/c1-3-14-9-5-8-12-16(14)18-13-17(19(22)23-4-2)20-21(18)15-10-6-7-11-15/h5,8-9,12-13,15H,3-4,6-7,10-11H2,1-2H3. The van der Waals surface area contributed by atoms with Gasteiger partial charge in [-0.05, 0) is 37.8 Å². The molecule has 2 aromatic rings. The van der Waals surface area contributed by atoms with Crippen molar-refractivity contribution in [2.45, 2.75) is 52.0 Å². The largest absolute Gasteiger partial charge is 0.461 e. The second-order valence-electron chi connectivity index (χ2n) is 6.03. The van der Waals surface area contributed by atoms with Crippen LogP contribution in [0, 0.1) is 0 Å². The number of aryl methyl sites for hydroxylation is 1. The average molecular weight is 312 g/mol. The lowest BCUT2D eigenvalue weighted by molar-refractivity contribution is 0.0518. The zero-order valence-corrected chi connectivity index (χ0v) is 13.9. The zero-order chi connectivity index (χ0) is 16.2. The van der Waals surface area contributed by atoms with E-state index in [0.717, 1.165) is 25.0 Å². The number of aromatic nitrogens is 2. The summed E-state index contributed by atoms with van der Waals surface area (Å²) in [7, 11) is 0. The van der Waals surface area contributed by atoms with E-state index in [2.05, 4.69) is 34.9 Å². The minimum atomic E-state index is -0.334. The number of benzene rings is 1. The van der Waals surface area contributed by atoms with E-state index >= 15 is 0 Å². The van der Waals surface area contributed by atoms with Crippen molar-refractivity contribution in [1.82, 2.24) is 9.78 Å². The van der Waals surface area contributed by atoms with Gasteiger partial charge in [-0.15, -0.1) is 0 Å². The molecule has 1 aromatic carbocycles. The Bertz CT molecular complexity index is 684. The number of ether oxygens (including phenoxy) is 1. The van der Waals surface area contributed by atoms with E-state index in [1.807, 2.05) is 19.1 Å². The van der Waals surface area contributed by atoms with Crippen LogP contribution in [-0.2, 0) is 11.2 Å². The van der Waals surface area contributed by atoms with Gasteiger partial charge in [-0.1, -0.05) is 44.0 Å². The van der Waals surface area contributed by atoms with E-state index < -0.39 is 0 Å². The van der Waals surface area contributed by atoms with Crippen LogP contribution >= 0.6 is 0 Å². The Morgan fingerprint density at radius 3 is 2.70 bits per heavy atom. The lowest BCUT2D eigenvalue weighted by Gasteiger charge is -2.16. The zero-order valence-electron chi connectivity index (χ0n) is 13.9. The molecule has 0 unspecified atom stereocenters. The maximum atomic E-state index is 12.1. The molecule has 0 N–H and O–H groups in total. The Kier molecular flexibility index (Phi) is 4.79. The molecule has 1 aliphatic carbocycles. The molecule has 0 amide bonds. The molecule has 122 valence electrons. The van der Waals surface area contributed by atoms with Gasteiger partial charge in [-0.3, -0.25) is 4.68 Å². The summed E-state index contributed by atoms with van der Waals surface area (Å²) in [6.45, 7) is 4.34. The second kappa shape index (κ2) is 6.99. The summed E-state index contributed by atoms with van der Waals surface area (Å²) in [6.07, 6.45) is 5.68. The molecule has 1 saturated carbocycles. The first kappa shape index (κ1) is 15.8. The fourth-order valence-corrected chi connectivity index (χ4v) is 3.41. The van der Waals surface area contributed by atoms with Crippen LogP contribution in [0.5, 0.6) is 0 Å². The highest BCUT2D eigenvalue weighted by Gasteiger charge is 2.25. The summed E-state index contributed by atoms with van der Waals surface area (Å²) in [5.41, 5.74) is 3.91. The highest BCUT2D eigenvalue weighted by molar-refractivity contribution is 5.89. The van der Waals surface area contributed by atoms with Crippen LogP contribution in [0.1, 0.15) is 61.6 Å². The Balaban J connectivity index is 2.07. The summed E-state index contributed by atoms with van der Waals surface area (Å²) >= 11 is 0. The summed E-state index contributed by atoms with van der Waals surface area (Å²) in [6, 6.07) is 10.7. The molecule has 1 aromatic heterocycles. The van der Waals surface area contributed by atoms with Crippen LogP contribution in [0.4, 0.5) is 0 Å². The number of rotatable bonds is 5. The smallest absolute Gasteiger partial charge is 0.358 e. The third-order valence-electron chi connectivity index (χ3n) is 4.57. The predicted molar refractivity (Wildman–Crippen MR) is 90.5 cm³/mol. The van der Waals surface area contributed by atoms with Crippen LogP contribution in [-0.4, -0.2) is 22.4 Å². The Morgan fingerprint density at radius 2 is 2.00 bits per heavy atom. The molecule has 0 saturated heterocycles. The van der Waals surface area contributed by atoms with Crippen LogP contribution in [0.25, 0.3) is 11.3 Å². The van der Waals surface area contributed by atoms with Crippen molar-refractivity contribution >= 4 is 5.97 Å². The van der Waals surface area contributed by atoms with Crippen molar-refractivity contribution in [2.24, 2.45) is 0 Å². The lowest BCUT2D eigenvalue weighted by atomic mass is 10.0. The van der Waals surface area contributed by atoms with Gasteiger partial charge in [-0.2, -0.15) is 5.10 Å². The number of carbonyl (C=O) groups excluding carboxylic acids is 1. The van der Waals surface area contributed by atoms with Gasteiger partial charge in [0.25, 0.3) is 0 Å². The maximum absolute atomic E-state index is 12.1. The van der Waals surface area contributed by atoms with Crippen LogP contribution in [0.15, 0.2) is 30.3 Å². The summed E-state index contributed by atoms with van der Waals surface area (Å²) in [5.74, 6) is -0.334. The molecule has 4 heteroatoms. The van der Waals surface area contributed by atoms with Crippen molar-refractivity contribution in [3.05, 3.63) is 41.6 Å². The van der Waals surface area contributed by atoms with E-state index in [1.165, 1.54) is 24.0 Å². The monoisotopic (exact) mass is 312 g/mol. The minimum absolute atomic E-state index is 0.334. The normalized spacial score (nSPS) is 15.0. The van der Waals surface area contributed by atoms with Gasteiger partial charge < -0.3 is 4.74 Å². The van der Waals surface area contributed by atoms with Gasteiger partial charge in [0.1, 0.15) is 0 Å². The molecule has 0 atom stereocenters. The molecule has 0 aliphatic heterocycles. The molecule has 0 spiro atoms. The van der Waals surface area contributed by atoms with Gasteiger partial charge >= 0.3 is 5.97 Å². The van der Waals surface area contributed by atoms with Gasteiger partial charge in [0.15, 0.2) is 5.69 Å². The Morgan fingerprint density at radius 1 is 1.26 bits per heavy atom. The van der Waals surface area contributed by atoms with E-state index in [1.54, 1.807) is 0 Å². The fraction of sp³-hybridized carbons (Fsp3) is 0.474. The van der Waals surface area contributed by atoms with Crippen molar-refractivity contribution in [2.75, 3.05) is 6.61 Å². The molecule has 0 radical (unpaired) electrons. The number of hydrogen-bond acceptors (Lipinski definition) is 3. The molecular weight excluding hydrogens is 288 g/mol. The lowest BCUT2D eigenvalue weighted by Crippen LogP contribution is -2.11. The van der Waals surface area contributed by atoms with Crippen molar-refractivity contribution in [3.63, 3.8) is 0 Å². The molecule has 0 bridgehead atoms. The van der Waals surface area contributed by atoms with Gasteiger partial charge in [0.05, 0.1) is 18.3 Å². The third kappa shape index (κ3) is 3.16. The average Bonchev–Trinajstić information content (AvgIpc) is 3.24. The van der Waals surface area contributed by atoms with Crippen LogP contribution in [0.3, 0.4) is 0 Å². The quantitative estimate of drug-likeness (QED) is 0.768. The molecule has 1 fully saturated rings. The molecule has 4 nitrogen and oxygen atoms in total. The molecule has 1 heterocycles. The summed E-state index contributed by atoms with van der Waals surface area (Å²) < 4.78 is 7.20. The highest BCUT2D eigenvalue weighted by atomic mass is 16.5. The third-order valence-corrected chi connectivity index (χ3v) is 4.57. The predicted octanol–water partition coefficient (Wildman–Crippen LogP) is 4.40. The molecule has 23 heavy (non-hydrogen) atoms. The number of hydrogen-bond donors (Lipinski definition) is 0. The second-order valence-corrected chi connectivity index (χ2v) is 6.03. The molecule has 3 rings (SSSR count). The highest BCUT2D eigenvalue weighted by Crippen LogP contribution is 2.35. The fourth-order valence-electron chi connectivity index (χ4n) is 3.41. The summed E-state index contributed by atoms with van der Waals surface area (Å²) in [4.78, 5) is 12.1. The first-order valence-electron chi connectivity index (χ1n) is 8.59. The van der Waals surface area contributed by atoms with Gasteiger partial charge in [0, 0.05) is 5.56 Å². The SMILES string of the molecule is CCOC(=O)c1cc(-c2ccccc2CC)n(C2CCCC2)n1. The topological polar surface area (TPSA) is 44.1 Å². The Hall–Kier alpha value is -2.10. The number of carbonyl (C=O) groups is 1. The van der Waals surface area contributed by atoms with Crippen molar-refractivity contribution < 1.29 is 9.53 Å². The van der Waals surface area contributed by atoms with Crippen molar-refractivity contribution in [1.29, 1.82) is 0 Å². The van der Waals surface area contributed by atoms with E-state index in [9.17, 15) is 4.79 Å². The van der Waals surface area contributed by atoms with Gasteiger partial charge in [0.2, 0.25) is 0 Å². The maximum Gasteiger partial charge on any atom is 0.358 e. The van der Waals surface area contributed by atoms with E-state index in [-0.39, 0.29) is 5.97 Å². The number of esters is 1. The number of nitrogens with zero attached hydrogens (tertiary/aromatic N) is 2. The van der Waals surface area contributed by atoms with Gasteiger partial charge in [-0.25, -0.2) is 4.79 Å². The minimum Gasteiger partial charge on any atom is -0.461 e. The molecular formula is C19H24N2O2. The van der Waals surface area contributed by atoms with Crippen molar-refractivity contribution in [3.8, 4) is 11.3 Å². The van der Waals surface area contributed by atoms with Crippen LogP contribution < -0.4 is 0 Å². The van der Waals surface area contributed by atoms with E-state index in [4.69, 9.17) is 4.74 Å². The first-order chi connectivity index (χ1) is 11.2. The first-order valence-corrected chi connectivity index (χ1v) is 8.59. The Labute approximate surface area is 137 Å². The molecule has 1 aliphatic rings.